The van der Waals surface area contributed by atoms with Crippen LogP contribution in [0.5, 0.6) is 0 Å². The van der Waals surface area contributed by atoms with Gasteiger partial charge in [0.1, 0.15) is 11.8 Å². The summed E-state index contributed by atoms with van der Waals surface area (Å²) in [5, 5.41) is 3.42. The van der Waals surface area contributed by atoms with Gasteiger partial charge in [-0.1, -0.05) is 32.4 Å². The first-order valence-corrected chi connectivity index (χ1v) is 5.84. The van der Waals surface area contributed by atoms with E-state index in [0.29, 0.717) is 11.1 Å². The standard InChI is InChI=1S/C11H17ClN4O2/c1-11(2,3)7(6-18-9(13)17)15-10-14-5-4-8(12)16-10/h4-5,7H,6H2,1-3H3,(H2,13,17)(H,14,15,16). The highest BCUT2D eigenvalue weighted by molar-refractivity contribution is 6.29. The number of aromatic nitrogens is 2. The molecule has 1 atom stereocenters. The predicted octanol–water partition coefficient (Wildman–Crippen LogP) is 2.05. The van der Waals surface area contributed by atoms with Crippen molar-refractivity contribution in [3.8, 4) is 0 Å². The van der Waals surface area contributed by atoms with Gasteiger partial charge in [0, 0.05) is 6.20 Å². The molecule has 0 aliphatic heterocycles. The maximum Gasteiger partial charge on any atom is 0.404 e. The molecule has 100 valence electrons. The highest BCUT2D eigenvalue weighted by Crippen LogP contribution is 2.22. The van der Waals surface area contributed by atoms with Gasteiger partial charge in [-0.05, 0) is 11.5 Å². The van der Waals surface area contributed by atoms with Crippen LogP contribution in [0.2, 0.25) is 5.15 Å². The molecule has 0 radical (unpaired) electrons. The molecule has 1 aromatic heterocycles. The van der Waals surface area contributed by atoms with Gasteiger partial charge in [0.25, 0.3) is 0 Å². The first-order chi connectivity index (χ1) is 8.29. The number of rotatable bonds is 4. The largest absolute Gasteiger partial charge is 0.448 e. The summed E-state index contributed by atoms with van der Waals surface area (Å²) in [4.78, 5) is 18.7. The number of anilines is 1. The van der Waals surface area contributed by atoms with Crippen molar-refractivity contribution in [3.05, 3.63) is 17.4 Å². The molecule has 7 heteroatoms. The number of carbonyl (C=O) groups is 1. The molecule has 0 bridgehead atoms. The Balaban J connectivity index is 2.75. The number of carbonyl (C=O) groups excluding carboxylic acids is 1. The molecule has 0 spiro atoms. The molecule has 1 heterocycles. The van der Waals surface area contributed by atoms with E-state index in [1.54, 1.807) is 12.3 Å². The predicted molar refractivity (Wildman–Crippen MR) is 69.4 cm³/mol. The van der Waals surface area contributed by atoms with E-state index in [1.807, 2.05) is 20.8 Å². The Morgan fingerprint density at radius 2 is 2.28 bits per heavy atom. The summed E-state index contributed by atoms with van der Waals surface area (Å²) < 4.78 is 4.82. The van der Waals surface area contributed by atoms with Gasteiger partial charge in [-0.25, -0.2) is 14.8 Å². The van der Waals surface area contributed by atoms with Crippen LogP contribution in [0.3, 0.4) is 0 Å². The first-order valence-electron chi connectivity index (χ1n) is 5.46. The lowest BCUT2D eigenvalue weighted by atomic mass is 9.87. The van der Waals surface area contributed by atoms with Crippen LogP contribution >= 0.6 is 11.6 Å². The Hall–Kier alpha value is -1.56. The van der Waals surface area contributed by atoms with Gasteiger partial charge in [0.2, 0.25) is 5.95 Å². The Bertz CT molecular complexity index is 420. The second kappa shape index (κ2) is 5.86. The summed E-state index contributed by atoms with van der Waals surface area (Å²) in [5.74, 6) is 0.385. The van der Waals surface area contributed by atoms with Crippen LogP contribution in [0.1, 0.15) is 20.8 Å². The van der Waals surface area contributed by atoms with Crippen molar-refractivity contribution in [2.24, 2.45) is 11.1 Å². The smallest absolute Gasteiger partial charge is 0.404 e. The SMILES string of the molecule is CC(C)(C)C(COC(N)=O)Nc1nccc(Cl)n1. The monoisotopic (exact) mass is 272 g/mol. The lowest BCUT2D eigenvalue weighted by molar-refractivity contribution is 0.132. The number of hydrogen-bond acceptors (Lipinski definition) is 5. The highest BCUT2D eigenvalue weighted by atomic mass is 35.5. The van der Waals surface area contributed by atoms with Crippen molar-refractivity contribution < 1.29 is 9.53 Å². The van der Waals surface area contributed by atoms with Gasteiger partial charge in [-0.2, -0.15) is 0 Å². The number of nitrogens with zero attached hydrogens (tertiary/aromatic N) is 2. The first kappa shape index (κ1) is 14.5. The third kappa shape index (κ3) is 4.75. The van der Waals surface area contributed by atoms with E-state index >= 15 is 0 Å². The number of ether oxygens (including phenoxy) is 1. The van der Waals surface area contributed by atoms with Crippen LogP contribution in [0.4, 0.5) is 10.7 Å². The summed E-state index contributed by atoms with van der Waals surface area (Å²) >= 11 is 5.77. The minimum atomic E-state index is -0.807. The number of hydrogen-bond donors (Lipinski definition) is 2. The third-order valence-electron chi connectivity index (χ3n) is 2.36. The topological polar surface area (TPSA) is 90.1 Å². The van der Waals surface area contributed by atoms with Crippen LogP contribution in [0, 0.1) is 5.41 Å². The van der Waals surface area contributed by atoms with Crippen LogP contribution in [0.25, 0.3) is 0 Å². The van der Waals surface area contributed by atoms with E-state index in [-0.39, 0.29) is 18.1 Å². The van der Waals surface area contributed by atoms with Gasteiger partial charge in [-0.3, -0.25) is 0 Å². The molecule has 0 aliphatic rings. The van der Waals surface area contributed by atoms with E-state index in [0.717, 1.165) is 0 Å². The minimum Gasteiger partial charge on any atom is -0.448 e. The molecule has 3 N–H and O–H groups in total. The van der Waals surface area contributed by atoms with Crippen molar-refractivity contribution in [2.45, 2.75) is 26.8 Å². The van der Waals surface area contributed by atoms with Crippen molar-refractivity contribution in [2.75, 3.05) is 11.9 Å². The van der Waals surface area contributed by atoms with Gasteiger partial charge in [0.05, 0.1) is 6.04 Å². The van der Waals surface area contributed by atoms with Crippen molar-refractivity contribution in [3.63, 3.8) is 0 Å². The van der Waals surface area contributed by atoms with Crippen molar-refractivity contribution >= 4 is 23.6 Å². The summed E-state index contributed by atoms with van der Waals surface area (Å²) in [7, 11) is 0. The van der Waals surface area contributed by atoms with Crippen LogP contribution in [0.15, 0.2) is 12.3 Å². The van der Waals surface area contributed by atoms with Crippen molar-refractivity contribution in [1.82, 2.24) is 9.97 Å². The highest BCUT2D eigenvalue weighted by Gasteiger charge is 2.26. The molecule has 18 heavy (non-hydrogen) atoms. The third-order valence-corrected chi connectivity index (χ3v) is 2.57. The van der Waals surface area contributed by atoms with Gasteiger partial charge < -0.3 is 15.8 Å². The fourth-order valence-electron chi connectivity index (χ4n) is 1.24. The molecule has 1 unspecified atom stereocenters. The molecule has 1 rings (SSSR count). The average molecular weight is 273 g/mol. The zero-order valence-corrected chi connectivity index (χ0v) is 11.4. The summed E-state index contributed by atoms with van der Waals surface area (Å²) in [6, 6.07) is 1.40. The maximum absolute atomic E-state index is 10.7. The quantitative estimate of drug-likeness (QED) is 0.819. The lowest BCUT2D eigenvalue weighted by Gasteiger charge is -2.30. The van der Waals surface area contributed by atoms with Gasteiger partial charge >= 0.3 is 6.09 Å². The summed E-state index contributed by atoms with van der Waals surface area (Å²) in [6.45, 7) is 6.13. The minimum absolute atomic E-state index is 0.134. The normalized spacial score (nSPS) is 12.9. The van der Waals surface area contributed by atoms with Gasteiger partial charge in [-0.15, -0.1) is 0 Å². The molecule has 0 aliphatic carbocycles. The average Bonchev–Trinajstić information content (AvgIpc) is 2.22. The number of nitrogens with one attached hydrogen (secondary N) is 1. The molecule has 0 saturated heterocycles. The maximum atomic E-state index is 10.7. The molecule has 1 aromatic rings. The molecule has 6 nitrogen and oxygen atoms in total. The van der Waals surface area contributed by atoms with Crippen molar-refractivity contribution in [1.29, 1.82) is 0 Å². The zero-order chi connectivity index (χ0) is 13.8. The Kier molecular flexibility index (Phi) is 4.72. The fraction of sp³-hybridized carbons (Fsp3) is 0.545. The second-order valence-electron chi connectivity index (χ2n) is 4.90. The van der Waals surface area contributed by atoms with E-state index in [4.69, 9.17) is 22.1 Å². The number of primary amides is 1. The Morgan fingerprint density at radius 1 is 1.61 bits per heavy atom. The summed E-state index contributed by atoms with van der Waals surface area (Å²) in [5.41, 5.74) is 4.79. The number of halogens is 1. The molecular weight excluding hydrogens is 256 g/mol. The molecular formula is C11H17ClN4O2. The summed E-state index contributed by atoms with van der Waals surface area (Å²) in [6.07, 6.45) is 0.741. The van der Waals surface area contributed by atoms with E-state index in [1.165, 1.54) is 0 Å². The lowest BCUT2D eigenvalue weighted by Crippen LogP contribution is -2.40. The zero-order valence-electron chi connectivity index (χ0n) is 10.6. The van der Waals surface area contributed by atoms with Crippen LogP contribution in [-0.2, 0) is 4.74 Å². The second-order valence-corrected chi connectivity index (χ2v) is 5.28. The van der Waals surface area contributed by atoms with E-state index in [2.05, 4.69) is 15.3 Å². The Morgan fingerprint density at radius 3 is 2.78 bits per heavy atom. The Labute approximate surface area is 111 Å². The molecule has 0 fully saturated rings. The number of nitrogens with two attached hydrogens (primary N) is 1. The fourth-order valence-corrected chi connectivity index (χ4v) is 1.37. The molecule has 0 aromatic carbocycles. The number of amides is 1. The van der Waals surface area contributed by atoms with E-state index < -0.39 is 6.09 Å². The van der Waals surface area contributed by atoms with Gasteiger partial charge in [0.15, 0.2) is 0 Å². The van der Waals surface area contributed by atoms with Crippen LogP contribution < -0.4 is 11.1 Å². The van der Waals surface area contributed by atoms with Crippen LogP contribution in [-0.4, -0.2) is 28.7 Å². The van der Waals surface area contributed by atoms with E-state index in [9.17, 15) is 4.79 Å². The molecule has 0 saturated carbocycles. The molecule has 1 amide bonds.